The average molecular weight is 493 g/mol. The molecule has 5 rings (SSSR count). The molecular weight excluding hydrogens is 468 g/mol. The molecule has 0 saturated carbocycles. The van der Waals surface area contributed by atoms with Crippen LogP contribution in [0, 0.1) is 0 Å². The normalized spacial score (nSPS) is 15.7. The molecule has 11 heteroatoms. The monoisotopic (exact) mass is 492 g/mol. The van der Waals surface area contributed by atoms with E-state index in [4.69, 9.17) is 0 Å². The number of hydrogen-bond acceptors (Lipinski definition) is 7. The van der Waals surface area contributed by atoms with Gasteiger partial charge in [-0.2, -0.15) is 5.10 Å². The van der Waals surface area contributed by atoms with Crippen molar-refractivity contribution in [1.29, 1.82) is 0 Å². The summed E-state index contributed by atoms with van der Waals surface area (Å²) in [7, 11) is -3.91. The maximum atomic E-state index is 13.0. The van der Waals surface area contributed by atoms with E-state index in [1.807, 2.05) is 0 Å². The first-order valence-corrected chi connectivity index (χ1v) is 12.6. The van der Waals surface area contributed by atoms with Crippen molar-refractivity contribution in [2.24, 2.45) is 0 Å². The number of nitrogens with one attached hydrogen (secondary N) is 2. The summed E-state index contributed by atoms with van der Waals surface area (Å²) >= 11 is 0. The third kappa shape index (κ3) is 4.86. The third-order valence-corrected chi connectivity index (χ3v) is 7.62. The van der Waals surface area contributed by atoms with Gasteiger partial charge in [-0.3, -0.25) is 24.6 Å². The van der Waals surface area contributed by atoms with E-state index < -0.39 is 15.6 Å². The summed E-state index contributed by atoms with van der Waals surface area (Å²) < 4.78 is 28.5. The Morgan fingerprint density at radius 2 is 1.83 bits per heavy atom. The van der Waals surface area contributed by atoms with Crippen LogP contribution in [-0.4, -0.2) is 63.2 Å². The van der Waals surface area contributed by atoms with Crippen LogP contribution in [0.15, 0.2) is 72.1 Å². The van der Waals surface area contributed by atoms with Gasteiger partial charge < -0.3 is 10.0 Å². The molecule has 2 aromatic carbocycles. The lowest BCUT2D eigenvalue weighted by Crippen LogP contribution is -2.47. The number of amides is 1. The van der Waals surface area contributed by atoms with Crippen LogP contribution in [0.2, 0.25) is 0 Å². The summed E-state index contributed by atoms with van der Waals surface area (Å²) in [6, 6.07) is 11.1. The lowest BCUT2D eigenvalue weighted by molar-refractivity contribution is -0.0162. The number of sulfonamides is 1. The second-order valence-corrected chi connectivity index (χ2v) is 10.3. The van der Waals surface area contributed by atoms with Gasteiger partial charge >= 0.3 is 0 Å². The molecule has 0 radical (unpaired) electrons. The maximum Gasteiger partial charge on any atom is 0.264 e. The number of piperidine rings is 1. The number of H-pyrrole nitrogens is 1. The number of benzene rings is 2. The van der Waals surface area contributed by atoms with Crippen molar-refractivity contribution in [3.05, 3.63) is 78.4 Å². The Morgan fingerprint density at radius 3 is 2.54 bits per heavy atom. The van der Waals surface area contributed by atoms with Gasteiger partial charge in [0.25, 0.3) is 15.9 Å². The highest BCUT2D eigenvalue weighted by molar-refractivity contribution is 7.93. The minimum absolute atomic E-state index is 0.0273. The van der Waals surface area contributed by atoms with Crippen molar-refractivity contribution in [2.45, 2.75) is 29.8 Å². The van der Waals surface area contributed by atoms with Crippen LogP contribution in [0.3, 0.4) is 0 Å². The van der Waals surface area contributed by atoms with Crippen LogP contribution in [0.5, 0.6) is 0 Å². The van der Waals surface area contributed by atoms with E-state index >= 15 is 0 Å². The molecule has 3 heterocycles. The van der Waals surface area contributed by atoms with Crippen molar-refractivity contribution in [1.82, 2.24) is 25.1 Å². The van der Waals surface area contributed by atoms with Crippen molar-refractivity contribution in [3.8, 4) is 0 Å². The first kappa shape index (κ1) is 22.9. The molecule has 4 aromatic rings. The highest BCUT2D eigenvalue weighted by atomic mass is 32.2. The summed E-state index contributed by atoms with van der Waals surface area (Å²) in [5, 5.41) is 17.5. The number of aromatic amines is 1. The van der Waals surface area contributed by atoms with Crippen molar-refractivity contribution in [3.63, 3.8) is 0 Å². The lowest BCUT2D eigenvalue weighted by Gasteiger charge is -2.38. The molecule has 1 aliphatic heterocycles. The van der Waals surface area contributed by atoms with Crippen molar-refractivity contribution < 1.29 is 18.3 Å². The number of carbonyl (C=O) groups excluding carboxylic acids is 1. The SMILES string of the molecule is O=C(c1ccc(NS(=O)(=O)c2cccc3nccnc23)cc1)N1CCC(O)(Cc2cn[nH]c2)CC1. The topological polar surface area (TPSA) is 141 Å². The number of aliphatic hydroxyl groups is 1. The molecule has 2 aromatic heterocycles. The Kier molecular flexibility index (Phi) is 5.95. The number of para-hydroxylation sites is 1. The lowest BCUT2D eigenvalue weighted by atomic mass is 9.86. The number of rotatable bonds is 6. The zero-order chi connectivity index (χ0) is 24.5. The average Bonchev–Trinajstić information content (AvgIpc) is 3.36. The fourth-order valence-electron chi connectivity index (χ4n) is 4.31. The van der Waals surface area contributed by atoms with Gasteiger partial charge in [0.05, 0.1) is 17.3 Å². The summed E-state index contributed by atoms with van der Waals surface area (Å²) in [6.07, 6.45) is 7.83. The Balaban J connectivity index is 1.25. The number of hydrogen-bond donors (Lipinski definition) is 3. The van der Waals surface area contributed by atoms with E-state index in [1.165, 1.54) is 18.5 Å². The smallest absolute Gasteiger partial charge is 0.264 e. The van der Waals surface area contributed by atoms with E-state index in [0.717, 1.165) is 5.56 Å². The van der Waals surface area contributed by atoms with Gasteiger partial charge in [-0.1, -0.05) is 6.07 Å². The number of likely N-dealkylation sites (tertiary alicyclic amines) is 1. The van der Waals surface area contributed by atoms with Gasteiger partial charge in [0.15, 0.2) is 0 Å². The van der Waals surface area contributed by atoms with Gasteiger partial charge in [-0.25, -0.2) is 8.42 Å². The largest absolute Gasteiger partial charge is 0.389 e. The van der Waals surface area contributed by atoms with Crippen molar-refractivity contribution >= 4 is 32.7 Å². The van der Waals surface area contributed by atoms with E-state index in [9.17, 15) is 18.3 Å². The van der Waals surface area contributed by atoms with Crippen LogP contribution < -0.4 is 4.72 Å². The maximum absolute atomic E-state index is 13.0. The van der Waals surface area contributed by atoms with Crippen LogP contribution in [-0.2, 0) is 16.4 Å². The molecule has 0 unspecified atom stereocenters. The van der Waals surface area contributed by atoms with Gasteiger partial charge in [0.1, 0.15) is 10.4 Å². The standard InChI is InChI=1S/C24H24N6O4S/c31-23(30-12-8-24(32,9-13-30)14-17-15-27-28-16-17)18-4-6-19(7-5-18)29-35(33,34)21-3-1-2-20-22(21)26-11-10-25-20/h1-7,10-11,15-16,29,32H,8-9,12-14H2,(H,27,28). The van der Waals surface area contributed by atoms with Gasteiger partial charge in [0.2, 0.25) is 0 Å². The number of aromatic nitrogens is 4. The highest BCUT2D eigenvalue weighted by Crippen LogP contribution is 2.27. The van der Waals surface area contributed by atoms with Crippen molar-refractivity contribution in [2.75, 3.05) is 17.8 Å². The molecule has 180 valence electrons. The Hall–Kier alpha value is -3.83. The minimum Gasteiger partial charge on any atom is -0.389 e. The summed E-state index contributed by atoms with van der Waals surface area (Å²) in [5.74, 6) is -0.158. The van der Waals surface area contributed by atoms with E-state index in [2.05, 4.69) is 24.9 Å². The summed E-state index contributed by atoms with van der Waals surface area (Å²) in [4.78, 5) is 23.0. The zero-order valence-electron chi connectivity index (χ0n) is 18.8. The molecule has 1 aliphatic rings. The Labute approximate surface area is 202 Å². The first-order chi connectivity index (χ1) is 16.8. The number of fused-ring (bicyclic) bond motifs is 1. The predicted molar refractivity (Wildman–Crippen MR) is 129 cm³/mol. The van der Waals surface area contributed by atoms with Gasteiger partial charge in [-0.05, 0) is 54.8 Å². The number of anilines is 1. The molecule has 1 amide bonds. The highest BCUT2D eigenvalue weighted by Gasteiger charge is 2.34. The summed E-state index contributed by atoms with van der Waals surface area (Å²) in [5.41, 5.74) is 1.61. The Morgan fingerprint density at radius 1 is 1.09 bits per heavy atom. The second kappa shape index (κ2) is 9.08. The van der Waals surface area contributed by atoms with Crippen LogP contribution in [0.4, 0.5) is 5.69 Å². The van der Waals surface area contributed by atoms with E-state index in [0.29, 0.717) is 49.1 Å². The molecule has 0 atom stereocenters. The molecule has 0 aliphatic carbocycles. The fourth-order valence-corrected chi connectivity index (χ4v) is 5.54. The number of nitrogens with zero attached hydrogens (tertiary/aromatic N) is 4. The molecule has 10 nitrogen and oxygen atoms in total. The molecular formula is C24H24N6O4S. The number of carbonyl (C=O) groups is 1. The fraction of sp³-hybridized carbons (Fsp3) is 0.250. The van der Waals surface area contributed by atoms with Crippen LogP contribution >= 0.6 is 0 Å². The van der Waals surface area contributed by atoms with Crippen LogP contribution in [0.1, 0.15) is 28.8 Å². The predicted octanol–water partition coefficient (Wildman–Crippen LogP) is 2.36. The first-order valence-electron chi connectivity index (χ1n) is 11.1. The van der Waals surface area contributed by atoms with Gasteiger partial charge in [0, 0.05) is 49.4 Å². The zero-order valence-corrected chi connectivity index (χ0v) is 19.6. The summed E-state index contributed by atoms with van der Waals surface area (Å²) in [6.45, 7) is 0.868. The van der Waals surface area contributed by atoms with E-state index in [-0.39, 0.29) is 16.3 Å². The van der Waals surface area contributed by atoms with Crippen LogP contribution in [0.25, 0.3) is 11.0 Å². The molecule has 1 fully saturated rings. The van der Waals surface area contributed by atoms with Gasteiger partial charge in [-0.15, -0.1) is 0 Å². The minimum atomic E-state index is -3.91. The van der Waals surface area contributed by atoms with E-state index in [1.54, 1.807) is 53.7 Å². The molecule has 1 saturated heterocycles. The third-order valence-electron chi connectivity index (χ3n) is 6.20. The quantitative estimate of drug-likeness (QED) is 0.375. The Bertz CT molecular complexity index is 1440. The molecule has 35 heavy (non-hydrogen) atoms. The molecule has 3 N–H and O–H groups in total. The molecule has 0 bridgehead atoms. The second-order valence-electron chi connectivity index (χ2n) is 8.66. The molecule has 0 spiro atoms.